The molecule has 0 radical (unpaired) electrons. The molecule has 0 saturated heterocycles. The summed E-state index contributed by atoms with van der Waals surface area (Å²) < 4.78 is 5.18. The Labute approximate surface area is 109 Å². The molecule has 2 atom stereocenters. The SMILES string of the molecule is CCCC(COC)NC(C)c1cc(O)cc(O)c1. The van der Waals surface area contributed by atoms with E-state index < -0.39 is 0 Å². The lowest BCUT2D eigenvalue weighted by Crippen LogP contribution is -2.35. The van der Waals surface area contributed by atoms with Gasteiger partial charge in [0.1, 0.15) is 11.5 Å². The topological polar surface area (TPSA) is 61.7 Å². The molecule has 18 heavy (non-hydrogen) atoms. The average Bonchev–Trinajstić information content (AvgIpc) is 2.28. The van der Waals surface area contributed by atoms with E-state index in [1.807, 2.05) is 6.92 Å². The van der Waals surface area contributed by atoms with Gasteiger partial charge in [-0.2, -0.15) is 0 Å². The van der Waals surface area contributed by atoms with Crippen molar-refractivity contribution in [2.75, 3.05) is 13.7 Å². The highest BCUT2D eigenvalue weighted by Crippen LogP contribution is 2.25. The van der Waals surface area contributed by atoms with Crippen molar-refractivity contribution in [3.63, 3.8) is 0 Å². The summed E-state index contributed by atoms with van der Waals surface area (Å²) >= 11 is 0. The van der Waals surface area contributed by atoms with Crippen LogP contribution in [0.15, 0.2) is 18.2 Å². The molecule has 3 N–H and O–H groups in total. The lowest BCUT2D eigenvalue weighted by Gasteiger charge is -2.23. The highest BCUT2D eigenvalue weighted by molar-refractivity contribution is 5.37. The van der Waals surface area contributed by atoms with Crippen LogP contribution in [0.2, 0.25) is 0 Å². The molecule has 2 unspecified atom stereocenters. The minimum atomic E-state index is 0.0506. The van der Waals surface area contributed by atoms with E-state index in [9.17, 15) is 10.2 Å². The van der Waals surface area contributed by atoms with E-state index in [0.717, 1.165) is 18.4 Å². The third-order valence-electron chi connectivity index (χ3n) is 2.92. The monoisotopic (exact) mass is 253 g/mol. The average molecular weight is 253 g/mol. The maximum atomic E-state index is 9.47. The molecule has 1 rings (SSSR count). The molecule has 0 aliphatic heterocycles. The molecular formula is C14H23NO3. The van der Waals surface area contributed by atoms with Crippen LogP contribution in [-0.2, 0) is 4.74 Å². The summed E-state index contributed by atoms with van der Waals surface area (Å²) in [6.45, 7) is 4.80. The largest absolute Gasteiger partial charge is 0.508 e. The Balaban J connectivity index is 2.69. The summed E-state index contributed by atoms with van der Waals surface area (Å²) in [5.41, 5.74) is 0.865. The molecule has 1 aromatic rings. The molecule has 0 fully saturated rings. The summed E-state index contributed by atoms with van der Waals surface area (Å²) in [6.07, 6.45) is 2.11. The molecule has 0 bridgehead atoms. The summed E-state index contributed by atoms with van der Waals surface area (Å²) in [7, 11) is 1.69. The fraction of sp³-hybridized carbons (Fsp3) is 0.571. The van der Waals surface area contributed by atoms with Crippen LogP contribution in [0.1, 0.15) is 38.3 Å². The van der Waals surface area contributed by atoms with Gasteiger partial charge < -0.3 is 20.3 Å². The zero-order valence-electron chi connectivity index (χ0n) is 11.3. The molecular weight excluding hydrogens is 230 g/mol. The van der Waals surface area contributed by atoms with Crippen LogP contribution in [-0.4, -0.2) is 30.0 Å². The van der Waals surface area contributed by atoms with Gasteiger partial charge in [-0.1, -0.05) is 13.3 Å². The number of hydrogen-bond donors (Lipinski definition) is 3. The first kappa shape index (κ1) is 14.8. The smallest absolute Gasteiger partial charge is 0.119 e. The van der Waals surface area contributed by atoms with Crippen LogP contribution in [0, 0.1) is 0 Å². The lowest BCUT2D eigenvalue weighted by atomic mass is 10.1. The van der Waals surface area contributed by atoms with E-state index in [2.05, 4.69) is 12.2 Å². The van der Waals surface area contributed by atoms with Crippen LogP contribution in [0.5, 0.6) is 11.5 Å². The van der Waals surface area contributed by atoms with Gasteiger partial charge >= 0.3 is 0 Å². The van der Waals surface area contributed by atoms with Gasteiger partial charge in [-0.25, -0.2) is 0 Å². The van der Waals surface area contributed by atoms with Crippen LogP contribution < -0.4 is 5.32 Å². The molecule has 0 spiro atoms. The van der Waals surface area contributed by atoms with Gasteiger partial charge in [-0.15, -0.1) is 0 Å². The van der Waals surface area contributed by atoms with Gasteiger partial charge in [0, 0.05) is 25.3 Å². The first-order chi connectivity index (χ1) is 8.56. The van der Waals surface area contributed by atoms with E-state index in [4.69, 9.17) is 4.74 Å². The number of phenols is 2. The van der Waals surface area contributed by atoms with Gasteiger partial charge in [-0.3, -0.25) is 0 Å². The van der Waals surface area contributed by atoms with Crippen molar-refractivity contribution in [2.24, 2.45) is 0 Å². The molecule has 0 aliphatic carbocycles. The van der Waals surface area contributed by atoms with E-state index >= 15 is 0 Å². The number of hydrogen-bond acceptors (Lipinski definition) is 4. The number of nitrogens with one attached hydrogen (secondary N) is 1. The highest BCUT2D eigenvalue weighted by atomic mass is 16.5. The van der Waals surface area contributed by atoms with Crippen LogP contribution >= 0.6 is 0 Å². The van der Waals surface area contributed by atoms with Crippen molar-refractivity contribution in [2.45, 2.75) is 38.8 Å². The van der Waals surface area contributed by atoms with Gasteiger partial charge in [0.25, 0.3) is 0 Å². The highest BCUT2D eigenvalue weighted by Gasteiger charge is 2.13. The Morgan fingerprint density at radius 1 is 1.22 bits per heavy atom. The minimum Gasteiger partial charge on any atom is -0.508 e. The Morgan fingerprint density at radius 2 is 1.83 bits per heavy atom. The van der Waals surface area contributed by atoms with Crippen molar-refractivity contribution < 1.29 is 14.9 Å². The van der Waals surface area contributed by atoms with Gasteiger partial charge in [0.05, 0.1) is 6.61 Å². The summed E-state index contributed by atoms with van der Waals surface area (Å²) in [5, 5.41) is 22.4. The Bertz CT molecular complexity index is 342. The normalized spacial score (nSPS) is 14.4. The van der Waals surface area contributed by atoms with Crippen molar-refractivity contribution in [3.05, 3.63) is 23.8 Å². The molecule has 102 valence electrons. The first-order valence-electron chi connectivity index (χ1n) is 6.34. The Morgan fingerprint density at radius 3 is 2.33 bits per heavy atom. The standard InChI is InChI=1S/C14H23NO3/c1-4-5-12(9-18-3)15-10(2)11-6-13(16)8-14(17)7-11/h6-8,10,12,15-17H,4-5,9H2,1-3H3. The van der Waals surface area contributed by atoms with Crippen LogP contribution in [0.25, 0.3) is 0 Å². The van der Waals surface area contributed by atoms with Crippen molar-refractivity contribution in [1.82, 2.24) is 5.32 Å². The fourth-order valence-electron chi connectivity index (χ4n) is 2.08. The fourth-order valence-corrected chi connectivity index (χ4v) is 2.08. The number of ether oxygens (including phenoxy) is 1. The molecule has 0 aromatic heterocycles. The summed E-state index contributed by atoms with van der Waals surface area (Å²) in [4.78, 5) is 0. The van der Waals surface area contributed by atoms with Gasteiger partial charge in [-0.05, 0) is 31.0 Å². The quantitative estimate of drug-likeness (QED) is 0.699. The predicted molar refractivity (Wildman–Crippen MR) is 71.9 cm³/mol. The van der Waals surface area contributed by atoms with E-state index in [-0.39, 0.29) is 23.6 Å². The number of benzene rings is 1. The number of methoxy groups -OCH3 is 1. The lowest BCUT2D eigenvalue weighted by molar-refractivity contribution is 0.157. The van der Waals surface area contributed by atoms with Crippen molar-refractivity contribution in [1.29, 1.82) is 0 Å². The molecule has 4 heteroatoms. The zero-order valence-corrected chi connectivity index (χ0v) is 11.3. The number of rotatable bonds is 7. The maximum absolute atomic E-state index is 9.47. The predicted octanol–water partition coefficient (Wildman–Crippen LogP) is 2.56. The minimum absolute atomic E-state index is 0.0506. The molecule has 4 nitrogen and oxygen atoms in total. The van der Waals surface area contributed by atoms with Crippen LogP contribution in [0.3, 0.4) is 0 Å². The Kier molecular flexibility index (Phi) is 5.95. The van der Waals surface area contributed by atoms with E-state index in [1.54, 1.807) is 19.2 Å². The van der Waals surface area contributed by atoms with E-state index in [1.165, 1.54) is 6.07 Å². The third-order valence-corrected chi connectivity index (χ3v) is 2.92. The van der Waals surface area contributed by atoms with Crippen molar-refractivity contribution in [3.8, 4) is 11.5 Å². The molecule has 0 aliphatic rings. The van der Waals surface area contributed by atoms with E-state index in [0.29, 0.717) is 6.61 Å². The maximum Gasteiger partial charge on any atom is 0.119 e. The van der Waals surface area contributed by atoms with Gasteiger partial charge in [0.15, 0.2) is 0 Å². The number of phenolic OH excluding ortho intramolecular Hbond substituents is 2. The second kappa shape index (κ2) is 7.24. The molecule has 0 amide bonds. The molecule has 1 aromatic carbocycles. The Hall–Kier alpha value is -1.26. The van der Waals surface area contributed by atoms with Crippen LogP contribution in [0.4, 0.5) is 0 Å². The third kappa shape index (κ3) is 4.55. The second-order valence-corrected chi connectivity index (χ2v) is 4.61. The zero-order chi connectivity index (χ0) is 13.5. The summed E-state index contributed by atoms with van der Waals surface area (Å²) in [5.74, 6) is 0.162. The first-order valence-corrected chi connectivity index (χ1v) is 6.34. The number of aromatic hydroxyl groups is 2. The van der Waals surface area contributed by atoms with Gasteiger partial charge in [0.2, 0.25) is 0 Å². The molecule has 0 heterocycles. The second-order valence-electron chi connectivity index (χ2n) is 4.61. The van der Waals surface area contributed by atoms with Crippen molar-refractivity contribution >= 4 is 0 Å². The molecule has 0 saturated carbocycles. The summed E-state index contributed by atoms with van der Waals surface area (Å²) in [6, 6.07) is 4.98.